The minimum Gasteiger partial charge on any atom is -0.352 e. The molecule has 0 bridgehead atoms. The fraction of sp³-hybridized carbons (Fsp3) is 0. The maximum Gasteiger partial charge on any atom is 0.152 e. The first-order chi connectivity index (χ1) is 9.20. The van der Waals surface area contributed by atoms with Gasteiger partial charge in [-0.25, -0.2) is 4.39 Å². The molecule has 0 radical (unpaired) electrons. The van der Waals surface area contributed by atoms with E-state index in [1.54, 1.807) is 36.4 Å². The van der Waals surface area contributed by atoms with Crippen LogP contribution in [0.5, 0.6) is 0 Å². The third-order valence-corrected chi connectivity index (χ3v) is 3.33. The molecule has 0 atom stereocenters. The average molecular weight is 274 g/mol. The maximum absolute atomic E-state index is 13.7. The number of fused-ring (bicyclic) bond motifs is 1. The van der Waals surface area contributed by atoms with Gasteiger partial charge in [-0.05, 0) is 23.8 Å². The summed E-state index contributed by atoms with van der Waals surface area (Å²) in [5, 5.41) is 1.19. The molecular formula is C15H9ClFNO. The number of para-hydroxylation sites is 1. The highest BCUT2D eigenvalue weighted by Crippen LogP contribution is 2.30. The van der Waals surface area contributed by atoms with Gasteiger partial charge in [0.05, 0.1) is 11.2 Å². The number of aldehydes is 1. The molecule has 0 fully saturated rings. The number of nitrogens with one attached hydrogen (secondary N) is 1. The minimum atomic E-state index is -0.374. The maximum atomic E-state index is 13.7. The lowest BCUT2D eigenvalue weighted by Crippen LogP contribution is -1.84. The zero-order valence-electron chi connectivity index (χ0n) is 9.78. The van der Waals surface area contributed by atoms with Gasteiger partial charge in [0.1, 0.15) is 5.82 Å². The molecular weight excluding hydrogens is 265 g/mol. The van der Waals surface area contributed by atoms with Gasteiger partial charge in [0.2, 0.25) is 0 Å². The highest BCUT2D eigenvalue weighted by Gasteiger charge is 2.14. The number of benzene rings is 2. The van der Waals surface area contributed by atoms with Crippen LogP contribution < -0.4 is 0 Å². The van der Waals surface area contributed by atoms with Crippen molar-refractivity contribution in [2.45, 2.75) is 0 Å². The Kier molecular flexibility index (Phi) is 2.84. The number of H-pyrrole nitrogens is 1. The quantitative estimate of drug-likeness (QED) is 0.688. The molecule has 1 heterocycles. The summed E-state index contributed by atoms with van der Waals surface area (Å²) in [6, 6.07) is 11.7. The summed E-state index contributed by atoms with van der Waals surface area (Å²) >= 11 is 5.84. The predicted molar refractivity (Wildman–Crippen MR) is 74.1 cm³/mol. The summed E-state index contributed by atoms with van der Waals surface area (Å²) in [4.78, 5) is 14.3. The van der Waals surface area contributed by atoms with Crippen LogP contribution in [0, 0.1) is 5.82 Å². The fourth-order valence-electron chi connectivity index (χ4n) is 2.17. The molecule has 1 aromatic heterocycles. The number of halogens is 2. The van der Waals surface area contributed by atoms with E-state index >= 15 is 0 Å². The van der Waals surface area contributed by atoms with E-state index in [0.29, 0.717) is 27.2 Å². The molecule has 2 aromatic carbocycles. The van der Waals surface area contributed by atoms with Crippen molar-refractivity contribution in [3.8, 4) is 11.3 Å². The topological polar surface area (TPSA) is 32.9 Å². The average Bonchev–Trinajstić information content (AvgIpc) is 2.79. The molecule has 0 aliphatic rings. The molecule has 3 aromatic rings. The standard InChI is InChI=1S/C15H9ClFNO/c16-10-6-4-9(5-7-10)14-12(8-19)11-2-1-3-13(17)15(11)18-14/h1-8,18H. The molecule has 0 spiro atoms. The van der Waals surface area contributed by atoms with Crippen molar-refractivity contribution in [2.75, 3.05) is 0 Å². The van der Waals surface area contributed by atoms with Crippen molar-refractivity contribution in [1.29, 1.82) is 0 Å². The lowest BCUT2D eigenvalue weighted by atomic mass is 10.1. The largest absolute Gasteiger partial charge is 0.352 e. The van der Waals surface area contributed by atoms with Gasteiger partial charge < -0.3 is 4.98 Å². The lowest BCUT2D eigenvalue weighted by molar-refractivity contribution is 0.112. The van der Waals surface area contributed by atoms with Gasteiger partial charge in [0, 0.05) is 16.0 Å². The molecule has 0 aliphatic carbocycles. The van der Waals surface area contributed by atoms with E-state index in [9.17, 15) is 9.18 Å². The third kappa shape index (κ3) is 1.92. The smallest absolute Gasteiger partial charge is 0.152 e. The molecule has 0 amide bonds. The van der Waals surface area contributed by atoms with Crippen molar-refractivity contribution >= 4 is 28.8 Å². The zero-order chi connectivity index (χ0) is 13.4. The van der Waals surface area contributed by atoms with E-state index < -0.39 is 0 Å². The molecule has 0 unspecified atom stereocenters. The van der Waals surface area contributed by atoms with Crippen molar-refractivity contribution < 1.29 is 9.18 Å². The summed E-state index contributed by atoms with van der Waals surface area (Å²) in [7, 11) is 0. The Morgan fingerprint density at radius 2 is 1.84 bits per heavy atom. The van der Waals surface area contributed by atoms with Crippen molar-refractivity contribution in [3.05, 3.63) is 58.9 Å². The Morgan fingerprint density at radius 3 is 2.53 bits per heavy atom. The minimum absolute atomic E-state index is 0.342. The molecule has 94 valence electrons. The van der Waals surface area contributed by atoms with Gasteiger partial charge >= 0.3 is 0 Å². The molecule has 0 saturated carbocycles. The van der Waals surface area contributed by atoms with Crippen LogP contribution in [0.3, 0.4) is 0 Å². The second-order valence-electron chi connectivity index (χ2n) is 4.20. The van der Waals surface area contributed by atoms with Gasteiger partial charge in [-0.15, -0.1) is 0 Å². The fourth-order valence-corrected chi connectivity index (χ4v) is 2.30. The molecule has 0 aliphatic heterocycles. The van der Waals surface area contributed by atoms with Crippen LogP contribution in [-0.2, 0) is 0 Å². The number of aromatic amines is 1. The summed E-state index contributed by atoms with van der Waals surface area (Å²) in [5.74, 6) is -0.374. The first kappa shape index (κ1) is 11.9. The number of carbonyl (C=O) groups is 1. The molecule has 1 N–H and O–H groups in total. The Morgan fingerprint density at radius 1 is 1.11 bits per heavy atom. The van der Waals surface area contributed by atoms with E-state index in [1.165, 1.54) is 6.07 Å². The predicted octanol–water partition coefficient (Wildman–Crippen LogP) is 4.44. The van der Waals surface area contributed by atoms with Crippen LogP contribution in [-0.4, -0.2) is 11.3 Å². The molecule has 19 heavy (non-hydrogen) atoms. The van der Waals surface area contributed by atoms with Crippen LogP contribution >= 0.6 is 11.6 Å². The number of hydrogen-bond acceptors (Lipinski definition) is 1. The monoisotopic (exact) mass is 273 g/mol. The summed E-state index contributed by atoms with van der Waals surface area (Å²) < 4.78 is 13.7. The van der Waals surface area contributed by atoms with Gasteiger partial charge in [-0.2, -0.15) is 0 Å². The summed E-state index contributed by atoms with van der Waals surface area (Å²) in [6.07, 6.45) is 0.738. The number of hydrogen-bond donors (Lipinski definition) is 1. The highest BCUT2D eigenvalue weighted by molar-refractivity contribution is 6.30. The van der Waals surface area contributed by atoms with Gasteiger partial charge in [0.15, 0.2) is 6.29 Å². The van der Waals surface area contributed by atoms with Crippen LogP contribution in [0.25, 0.3) is 22.2 Å². The first-order valence-corrected chi connectivity index (χ1v) is 6.10. The second kappa shape index (κ2) is 4.52. The van der Waals surface area contributed by atoms with Crippen molar-refractivity contribution in [1.82, 2.24) is 4.98 Å². The molecule has 4 heteroatoms. The highest BCUT2D eigenvalue weighted by atomic mass is 35.5. The van der Waals surface area contributed by atoms with E-state index in [0.717, 1.165) is 11.8 Å². The van der Waals surface area contributed by atoms with Gasteiger partial charge in [-0.3, -0.25) is 4.79 Å². The normalized spacial score (nSPS) is 10.8. The molecule has 2 nitrogen and oxygen atoms in total. The number of rotatable bonds is 2. The Hall–Kier alpha value is -2.13. The van der Waals surface area contributed by atoms with Gasteiger partial charge in [-0.1, -0.05) is 35.9 Å². The van der Waals surface area contributed by atoms with Crippen LogP contribution in [0.2, 0.25) is 5.02 Å². The van der Waals surface area contributed by atoms with E-state index in [1.807, 2.05) is 0 Å². The zero-order valence-corrected chi connectivity index (χ0v) is 10.5. The SMILES string of the molecule is O=Cc1c(-c2ccc(Cl)cc2)[nH]c2c(F)cccc12. The summed E-state index contributed by atoms with van der Waals surface area (Å²) in [6.45, 7) is 0. The van der Waals surface area contributed by atoms with E-state index in [2.05, 4.69) is 4.98 Å². The Bertz CT molecular complexity index is 762. The van der Waals surface area contributed by atoms with Crippen LogP contribution in [0.4, 0.5) is 4.39 Å². The summed E-state index contributed by atoms with van der Waals surface area (Å²) in [5.41, 5.74) is 2.19. The third-order valence-electron chi connectivity index (χ3n) is 3.07. The van der Waals surface area contributed by atoms with E-state index in [4.69, 9.17) is 11.6 Å². The van der Waals surface area contributed by atoms with E-state index in [-0.39, 0.29) is 5.82 Å². The second-order valence-corrected chi connectivity index (χ2v) is 4.64. The van der Waals surface area contributed by atoms with Crippen LogP contribution in [0.1, 0.15) is 10.4 Å². The van der Waals surface area contributed by atoms with Crippen molar-refractivity contribution in [3.63, 3.8) is 0 Å². The first-order valence-electron chi connectivity index (χ1n) is 5.72. The van der Waals surface area contributed by atoms with Crippen LogP contribution in [0.15, 0.2) is 42.5 Å². The Labute approximate surface area is 113 Å². The van der Waals surface area contributed by atoms with Crippen molar-refractivity contribution in [2.24, 2.45) is 0 Å². The molecule has 0 saturated heterocycles. The lowest BCUT2D eigenvalue weighted by Gasteiger charge is -1.99. The number of aromatic nitrogens is 1. The number of carbonyl (C=O) groups excluding carboxylic acids is 1. The Balaban J connectivity index is 2.32. The van der Waals surface area contributed by atoms with Gasteiger partial charge in [0.25, 0.3) is 0 Å². The molecule has 3 rings (SSSR count).